The lowest BCUT2D eigenvalue weighted by molar-refractivity contribution is -0.144. The molecule has 2 aliphatic carbocycles. The number of ether oxygens (including phenoxy) is 1. The third kappa shape index (κ3) is 8.47. The van der Waals surface area contributed by atoms with Crippen molar-refractivity contribution < 1.29 is 41.5 Å². The summed E-state index contributed by atoms with van der Waals surface area (Å²) in [5.41, 5.74) is -0.718. The van der Waals surface area contributed by atoms with Crippen molar-refractivity contribution in [3.05, 3.63) is 47.3 Å². The van der Waals surface area contributed by atoms with E-state index in [0.29, 0.717) is 43.2 Å². The van der Waals surface area contributed by atoms with E-state index in [2.05, 4.69) is 10.0 Å². The molecule has 3 fully saturated rings. The van der Waals surface area contributed by atoms with Crippen molar-refractivity contribution in [2.24, 2.45) is 17.3 Å². The van der Waals surface area contributed by atoms with Gasteiger partial charge in [0, 0.05) is 43.2 Å². The predicted molar refractivity (Wildman–Crippen MR) is 185 cm³/mol. The Bertz CT molecular complexity index is 1720. The van der Waals surface area contributed by atoms with Gasteiger partial charge in [-0.1, -0.05) is 57.9 Å². The molecule has 0 aromatic heterocycles. The minimum Gasteiger partial charge on any atom is -0.444 e. The molecule has 12 nitrogen and oxygen atoms in total. The van der Waals surface area contributed by atoms with Gasteiger partial charge in [0.25, 0.3) is 5.91 Å². The highest BCUT2D eigenvalue weighted by atomic mass is 32.2. The van der Waals surface area contributed by atoms with Gasteiger partial charge < -0.3 is 15.0 Å². The first-order chi connectivity index (χ1) is 24.1. The average Bonchev–Trinajstić information content (AvgIpc) is 3.93. The minimum atomic E-state index is -3.90. The topological polar surface area (TPSA) is 159 Å². The molecule has 5 aliphatic rings. The van der Waals surface area contributed by atoms with Crippen molar-refractivity contribution in [2.75, 3.05) is 6.54 Å². The van der Waals surface area contributed by atoms with Crippen LogP contribution in [0.15, 0.2) is 30.4 Å². The normalized spacial score (nSPS) is 29.1. The number of ketones is 1. The summed E-state index contributed by atoms with van der Waals surface area (Å²) in [6, 6.07) is 3.50. The van der Waals surface area contributed by atoms with Crippen molar-refractivity contribution >= 4 is 39.6 Å². The smallest absolute Gasteiger partial charge is 0.410 e. The number of benzene rings is 1. The van der Waals surface area contributed by atoms with Crippen LogP contribution in [0.25, 0.3) is 0 Å². The van der Waals surface area contributed by atoms with E-state index in [1.807, 2.05) is 32.9 Å². The number of hydrogen-bond acceptors (Lipinski definition) is 8. The Morgan fingerprint density at radius 2 is 1.84 bits per heavy atom. The van der Waals surface area contributed by atoms with Crippen molar-refractivity contribution in [3.8, 4) is 0 Å². The molecule has 2 saturated carbocycles. The second-order valence-corrected chi connectivity index (χ2v) is 18.1. The van der Waals surface area contributed by atoms with Crippen molar-refractivity contribution in [1.82, 2.24) is 19.8 Å². The van der Waals surface area contributed by atoms with Crippen LogP contribution in [0.4, 0.5) is 9.18 Å². The van der Waals surface area contributed by atoms with Crippen molar-refractivity contribution in [1.29, 1.82) is 0 Å². The van der Waals surface area contributed by atoms with Gasteiger partial charge in [-0.3, -0.25) is 28.8 Å². The summed E-state index contributed by atoms with van der Waals surface area (Å²) in [5, 5.41) is 2.19. The van der Waals surface area contributed by atoms with E-state index < -0.39 is 74.4 Å². The first-order valence-electron chi connectivity index (χ1n) is 18.1. The number of allylic oxidation sites excluding steroid dienone is 1. The Kier molecular flexibility index (Phi) is 10.4. The molecule has 1 saturated heterocycles. The highest BCUT2D eigenvalue weighted by Gasteiger charge is 2.62. The summed E-state index contributed by atoms with van der Waals surface area (Å²) in [6.07, 6.45) is 6.98. The third-order valence-corrected chi connectivity index (χ3v) is 12.4. The van der Waals surface area contributed by atoms with Gasteiger partial charge >= 0.3 is 6.09 Å². The Balaban J connectivity index is 1.25. The molecule has 0 radical (unpaired) electrons. The monoisotopic (exact) mass is 728 g/mol. The van der Waals surface area contributed by atoms with Crippen LogP contribution in [-0.4, -0.2) is 77.3 Å². The zero-order chi connectivity index (χ0) is 36.7. The number of fused-ring (bicyclic) bond motifs is 3. The molecule has 5 atom stereocenters. The molecule has 1 aromatic carbocycles. The van der Waals surface area contributed by atoms with Gasteiger partial charge in [-0.15, -0.1) is 0 Å². The third-order valence-electron chi connectivity index (χ3n) is 10.6. The second-order valence-electron chi connectivity index (χ2n) is 16.2. The van der Waals surface area contributed by atoms with Crippen molar-refractivity contribution in [3.63, 3.8) is 0 Å². The van der Waals surface area contributed by atoms with Gasteiger partial charge in [-0.05, 0) is 55.6 Å². The molecule has 3 aliphatic heterocycles. The molecule has 6 rings (SSSR count). The van der Waals surface area contributed by atoms with Gasteiger partial charge in [0.1, 0.15) is 29.3 Å². The fourth-order valence-corrected chi connectivity index (χ4v) is 9.01. The predicted octanol–water partition coefficient (Wildman–Crippen LogP) is 4.26. The quantitative estimate of drug-likeness (QED) is 0.394. The number of halogens is 1. The maximum Gasteiger partial charge on any atom is 0.410 e. The summed E-state index contributed by atoms with van der Waals surface area (Å²) >= 11 is 0. The maximum absolute atomic E-state index is 14.4. The fourth-order valence-electron chi connectivity index (χ4n) is 7.65. The number of carbonyl (C=O) groups excluding carboxylic acids is 5. The number of nitrogens with one attached hydrogen (secondary N) is 2. The molecule has 51 heavy (non-hydrogen) atoms. The summed E-state index contributed by atoms with van der Waals surface area (Å²) in [4.78, 5) is 71.5. The number of amides is 4. The van der Waals surface area contributed by atoms with Crippen LogP contribution in [0.5, 0.6) is 0 Å². The zero-order valence-electron chi connectivity index (χ0n) is 29.6. The molecule has 278 valence electrons. The van der Waals surface area contributed by atoms with E-state index >= 15 is 0 Å². The summed E-state index contributed by atoms with van der Waals surface area (Å²) in [6.45, 7) is 5.93. The summed E-state index contributed by atoms with van der Waals surface area (Å²) in [5.74, 6) is -3.49. The highest BCUT2D eigenvalue weighted by Crippen LogP contribution is 2.46. The average molecular weight is 729 g/mol. The fraction of sp³-hybridized carbons (Fsp3) is 0.649. The first kappa shape index (κ1) is 37.0. The van der Waals surface area contributed by atoms with Crippen LogP contribution < -0.4 is 10.0 Å². The molecule has 14 heteroatoms. The Hall–Kier alpha value is -3.81. The van der Waals surface area contributed by atoms with Crippen LogP contribution in [0, 0.1) is 23.1 Å². The van der Waals surface area contributed by atoms with Gasteiger partial charge in [-0.25, -0.2) is 17.6 Å². The van der Waals surface area contributed by atoms with E-state index in [1.165, 1.54) is 15.9 Å². The van der Waals surface area contributed by atoms with Gasteiger partial charge in [0.2, 0.25) is 21.8 Å². The largest absolute Gasteiger partial charge is 0.444 e. The Morgan fingerprint density at radius 1 is 1.08 bits per heavy atom. The number of hydrogen-bond donors (Lipinski definition) is 2. The molecular weight excluding hydrogens is 679 g/mol. The lowest BCUT2D eigenvalue weighted by Crippen LogP contribution is -2.57. The van der Waals surface area contributed by atoms with Crippen LogP contribution in [-0.2, 0) is 47.0 Å². The lowest BCUT2D eigenvalue weighted by Gasteiger charge is -2.30. The van der Waals surface area contributed by atoms with E-state index in [-0.39, 0.29) is 56.5 Å². The number of nitrogens with zero attached hydrogens (tertiary/aromatic N) is 2. The van der Waals surface area contributed by atoms with Crippen LogP contribution in [0.1, 0.15) is 103 Å². The van der Waals surface area contributed by atoms with Crippen molar-refractivity contribution in [2.45, 2.75) is 127 Å². The molecule has 0 bridgehead atoms. The van der Waals surface area contributed by atoms with Crippen LogP contribution in [0.3, 0.4) is 0 Å². The maximum atomic E-state index is 14.4. The number of Topliss-reactive ketones (excluding diaryl/α,β-unsaturated/α-hetero) is 1. The van der Waals surface area contributed by atoms with E-state index in [4.69, 9.17) is 4.74 Å². The molecular formula is C37H49FN4O8S. The van der Waals surface area contributed by atoms with E-state index in [1.54, 1.807) is 12.1 Å². The van der Waals surface area contributed by atoms with Crippen LogP contribution in [0.2, 0.25) is 0 Å². The van der Waals surface area contributed by atoms with E-state index in [0.717, 1.165) is 12.8 Å². The molecule has 1 aromatic rings. The number of rotatable bonds is 7. The number of sulfonamides is 1. The van der Waals surface area contributed by atoms with Gasteiger partial charge in [0.05, 0.1) is 18.3 Å². The molecule has 3 heterocycles. The Labute approximate surface area is 298 Å². The molecule has 4 amide bonds. The van der Waals surface area contributed by atoms with Gasteiger partial charge in [0.15, 0.2) is 0 Å². The van der Waals surface area contributed by atoms with E-state index in [9.17, 15) is 36.8 Å². The van der Waals surface area contributed by atoms with Crippen LogP contribution >= 0.6 is 0 Å². The standard InChI is InChI=1S/C37H49FN4O8S/c1-36(2,3)19-26(43)16-23-10-7-5-4-6-8-12-25-18-37(25,34(46)40-51(48,49)28-14-15-28)39-32(44)31-17-27(21-42(31)33(23)45)50-35(47)41-20-24-11-9-13-30(38)29(24)22-41/h8-9,11-13,23,25,27-28,31H,4-7,10,14-22H2,1-3H3,(H,39,44)(H,40,46)/b12-8-/t23-,25-,27-,31+,37-/m1/s1. The highest BCUT2D eigenvalue weighted by molar-refractivity contribution is 7.91. The zero-order valence-corrected chi connectivity index (χ0v) is 30.4. The summed E-state index contributed by atoms with van der Waals surface area (Å²) in [7, 11) is -3.90. The molecule has 0 unspecified atom stereocenters. The minimum absolute atomic E-state index is 0.0103. The first-order valence-corrected chi connectivity index (χ1v) is 19.7. The second kappa shape index (κ2) is 14.3. The van der Waals surface area contributed by atoms with Gasteiger partial charge in [-0.2, -0.15) is 0 Å². The molecule has 2 N–H and O–H groups in total. The lowest BCUT2D eigenvalue weighted by atomic mass is 9.85. The number of carbonyl (C=O) groups is 5. The molecule has 0 spiro atoms. The Morgan fingerprint density at radius 3 is 2.55 bits per heavy atom. The summed E-state index contributed by atoms with van der Waals surface area (Å²) < 4.78 is 48.0. The SMILES string of the molecule is CC(C)(C)CC(=O)C[C@H]1CCCCC/C=C\[C@@H]2C[C@@]2(C(=O)NS(=O)(=O)C2CC2)NC(=O)[C@@H]2C[C@@H](OC(=O)N3Cc4cccc(F)c4C3)CN2C1=O.